The fourth-order valence-electron chi connectivity index (χ4n) is 2.86. The molecule has 3 rings (SSSR count). The van der Waals surface area contributed by atoms with Gasteiger partial charge in [0.05, 0.1) is 0 Å². The summed E-state index contributed by atoms with van der Waals surface area (Å²) in [6.07, 6.45) is 0.685. The van der Waals surface area contributed by atoms with E-state index in [2.05, 4.69) is 29.3 Å². The topological polar surface area (TPSA) is 88.3 Å². The number of urea groups is 1. The second-order valence-corrected chi connectivity index (χ2v) is 7.01. The number of carbonyl (C=O) groups excluding carboxylic acids is 2. The van der Waals surface area contributed by atoms with Crippen LogP contribution in [0, 0.1) is 12.8 Å². The van der Waals surface area contributed by atoms with E-state index >= 15 is 0 Å². The van der Waals surface area contributed by atoms with Crippen molar-refractivity contribution in [2.75, 3.05) is 0 Å². The fourth-order valence-corrected chi connectivity index (χ4v) is 2.86. The monoisotopic (exact) mass is 342 g/mol. The third-order valence-corrected chi connectivity index (χ3v) is 4.30. The van der Waals surface area contributed by atoms with E-state index in [1.54, 1.807) is 6.92 Å². The first-order valence-corrected chi connectivity index (χ1v) is 8.32. The lowest BCUT2D eigenvalue weighted by Crippen LogP contribution is -2.40. The van der Waals surface area contributed by atoms with Crippen LogP contribution in [0.3, 0.4) is 0 Å². The molecule has 1 aromatic carbocycles. The van der Waals surface area contributed by atoms with Gasteiger partial charge >= 0.3 is 6.03 Å². The van der Waals surface area contributed by atoms with Gasteiger partial charge in [-0.1, -0.05) is 48.8 Å². The van der Waals surface area contributed by atoms with E-state index in [4.69, 9.17) is 4.52 Å². The van der Waals surface area contributed by atoms with Crippen LogP contribution >= 0.6 is 0 Å². The molecule has 1 saturated heterocycles. The molecule has 2 heterocycles. The number of aryl methyl sites for hydroxylation is 1. The Hall–Kier alpha value is -2.70. The number of imide groups is 1. The smallest absolute Gasteiger partial charge is 0.325 e. The molecule has 7 heteroatoms. The highest BCUT2D eigenvalue weighted by atomic mass is 16.5. The Morgan fingerprint density at radius 1 is 1.24 bits per heavy atom. The first kappa shape index (κ1) is 17.1. The minimum atomic E-state index is -1.09. The molecule has 1 atom stereocenters. The van der Waals surface area contributed by atoms with Crippen LogP contribution in [0.5, 0.6) is 0 Å². The van der Waals surface area contributed by atoms with Gasteiger partial charge in [-0.15, -0.1) is 0 Å². The van der Waals surface area contributed by atoms with Crippen molar-refractivity contribution in [2.45, 2.75) is 46.2 Å². The van der Waals surface area contributed by atoms with Gasteiger partial charge in [0, 0.05) is 6.42 Å². The van der Waals surface area contributed by atoms with Crippen molar-refractivity contribution < 1.29 is 14.1 Å². The van der Waals surface area contributed by atoms with Gasteiger partial charge in [0.2, 0.25) is 5.89 Å². The third-order valence-electron chi connectivity index (χ3n) is 4.30. The molecular weight excluding hydrogens is 320 g/mol. The van der Waals surface area contributed by atoms with Crippen molar-refractivity contribution in [1.82, 2.24) is 20.4 Å². The molecule has 1 aromatic heterocycles. The quantitative estimate of drug-likeness (QED) is 0.844. The van der Waals surface area contributed by atoms with Gasteiger partial charge in [-0.2, -0.15) is 4.98 Å². The van der Waals surface area contributed by atoms with Crippen molar-refractivity contribution in [3.05, 3.63) is 47.1 Å². The van der Waals surface area contributed by atoms with E-state index in [-0.39, 0.29) is 18.3 Å². The van der Waals surface area contributed by atoms with E-state index in [1.807, 2.05) is 31.2 Å². The first-order chi connectivity index (χ1) is 11.8. The van der Waals surface area contributed by atoms with E-state index < -0.39 is 11.6 Å². The second kappa shape index (κ2) is 6.31. The lowest BCUT2D eigenvalue weighted by Gasteiger charge is -2.22. The van der Waals surface area contributed by atoms with Gasteiger partial charge in [0.15, 0.2) is 5.82 Å². The lowest BCUT2D eigenvalue weighted by molar-refractivity contribution is -0.131. The Bertz CT molecular complexity index is 797. The molecule has 1 N–H and O–H groups in total. The second-order valence-electron chi connectivity index (χ2n) is 7.01. The van der Waals surface area contributed by atoms with Crippen molar-refractivity contribution in [1.29, 1.82) is 0 Å². The zero-order chi connectivity index (χ0) is 18.2. The number of carbonyl (C=O) groups is 2. The normalized spacial score (nSPS) is 20.4. The fraction of sp³-hybridized carbons (Fsp3) is 0.444. The van der Waals surface area contributed by atoms with Crippen LogP contribution in [0.25, 0.3) is 0 Å². The molecule has 0 saturated carbocycles. The zero-order valence-electron chi connectivity index (χ0n) is 14.9. The lowest BCUT2D eigenvalue weighted by atomic mass is 9.91. The molecule has 1 unspecified atom stereocenters. The van der Waals surface area contributed by atoms with Crippen LogP contribution in [-0.4, -0.2) is 27.0 Å². The SMILES string of the molecule is Cc1ccc(C2(C)NC(=O)N(Cc3nc(CC(C)C)no3)C2=O)cc1. The summed E-state index contributed by atoms with van der Waals surface area (Å²) in [4.78, 5) is 30.6. The van der Waals surface area contributed by atoms with Crippen LogP contribution in [0.4, 0.5) is 4.79 Å². The van der Waals surface area contributed by atoms with Gasteiger partial charge in [0.1, 0.15) is 12.1 Å². The summed E-state index contributed by atoms with van der Waals surface area (Å²) in [5.74, 6) is 0.905. The molecule has 3 amide bonds. The predicted octanol–water partition coefficient (Wildman–Crippen LogP) is 2.54. The largest absolute Gasteiger partial charge is 0.337 e. The molecule has 132 valence electrons. The van der Waals surface area contributed by atoms with Crippen molar-refractivity contribution in [3.8, 4) is 0 Å². The average molecular weight is 342 g/mol. The Labute approximate surface area is 146 Å². The maximum absolute atomic E-state index is 12.9. The average Bonchev–Trinajstić information content (AvgIpc) is 3.06. The Morgan fingerprint density at radius 2 is 1.92 bits per heavy atom. The Balaban J connectivity index is 1.79. The van der Waals surface area contributed by atoms with E-state index in [0.29, 0.717) is 18.2 Å². The number of amides is 3. The first-order valence-electron chi connectivity index (χ1n) is 8.32. The summed E-state index contributed by atoms with van der Waals surface area (Å²) in [5.41, 5.74) is 0.737. The minimum absolute atomic E-state index is 0.0305. The number of aromatic nitrogens is 2. The number of hydrogen-bond donors (Lipinski definition) is 1. The van der Waals surface area contributed by atoms with Gasteiger partial charge < -0.3 is 9.84 Å². The molecular formula is C18H22N4O3. The predicted molar refractivity (Wildman–Crippen MR) is 90.5 cm³/mol. The maximum atomic E-state index is 12.9. The number of nitrogens with zero attached hydrogens (tertiary/aromatic N) is 3. The summed E-state index contributed by atoms with van der Waals surface area (Å²) in [7, 11) is 0. The van der Waals surface area contributed by atoms with Crippen molar-refractivity contribution in [3.63, 3.8) is 0 Å². The van der Waals surface area contributed by atoms with Gasteiger partial charge in [0.25, 0.3) is 5.91 Å². The highest BCUT2D eigenvalue weighted by molar-refractivity contribution is 6.07. The summed E-state index contributed by atoms with van der Waals surface area (Å²) >= 11 is 0. The standard InChI is InChI=1S/C18H22N4O3/c1-11(2)9-14-19-15(25-21-14)10-22-16(23)18(4,20-17(22)24)13-7-5-12(3)6-8-13/h5-8,11H,9-10H2,1-4H3,(H,20,24). The van der Waals surface area contributed by atoms with Gasteiger partial charge in [-0.3, -0.25) is 9.69 Å². The van der Waals surface area contributed by atoms with Crippen LogP contribution in [-0.2, 0) is 23.3 Å². The molecule has 2 aromatic rings. The molecule has 0 radical (unpaired) electrons. The molecule has 7 nitrogen and oxygen atoms in total. The maximum Gasteiger partial charge on any atom is 0.325 e. The number of nitrogens with one attached hydrogen (secondary N) is 1. The molecule has 1 aliphatic rings. The van der Waals surface area contributed by atoms with E-state index in [9.17, 15) is 9.59 Å². The van der Waals surface area contributed by atoms with E-state index in [1.165, 1.54) is 0 Å². The molecule has 1 fully saturated rings. The van der Waals surface area contributed by atoms with Crippen molar-refractivity contribution >= 4 is 11.9 Å². The van der Waals surface area contributed by atoms with E-state index in [0.717, 1.165) is 16.0 Å². The van der Waals surface area contributed by atoms with Crippen LogP contribution < -0.4 is 5.32 Å². The highest BCUT2D eigenvalue weighted by Crippen LogP contribution is 2.29. The minimum Gasteiger partial charge on any atom is -0.337 e. The number of rotatable bonds is 5. The number of hydrogen-bond acceptors (Lipinski definition) is 5. The molecule has 1 aliphatic heterocycles. The number of benzene rings is 1. The molecule has 0 bridgehead atoms. The van der Waals surface area contributed by atoms with Gasteiger partial charge in [-0.05, 0) is 25.3 Å². The van der Waals surface area contributed by atoms with Crippen LogP contribution in [0.1, 0.15) is 43.6 Å². The zero-order valence-corrected chi connectivity index (χ0v) is 14.9. The van der Waals surface area contributed by atoms with Gasteiger partial charge in [-0.25, -0.2) is 4.79 Å². The molecule has 0 aliphatic carbocycles. The highest BCUT2D eigenvalue weighted by Gasteiger charge is 2.49. The van der Waals surface area contributed by atoms with Crippen molar-refractivity contribution in [2.24, 2.45) is 5.92 Å². The molecule has 0 spiro atoms. The summed E-state index contributed by atoms with van der Waals surface area (Å²) < 4.78 is 5.18. The van der Waals surface area contributed by atoms with Crippen LogP contribution in [0.15, 0.2) is 28.8 Å². The summed E-state index contributed by atoms with van der Waals surface area (Å²) in [6.45, 7) is 7.76. The summed E-state index contributed by atoms with van der Waals surface area (Å²) in [6, 6.07) is 7.07. The molecule has 25 heavy (non-hydrogen) atoms. The third kappa shape index (κ3) is 3.26. The van der Waals surface area contributed by atoms with Crippen LogP contribution in [0.2, 0.25) is 0 Å². The Morgan fingerprint density at radius 3 is 2.56 bits per heavy atom. The summed E-state index contributed by atoms with van der Waals surface area (Å²) in [5, 5.41) is 6.67. The Kier molecular flexibility index (Phi) is 4.32.